The molecule has 0 aliphatic rings. The van der Waals surface area contributed by atoms with E-state index in [1.54, 1.807) is 0 Å². The standard InChI is InChI=1S/C49H44N4/c1-34(2)42-23-13-25-44(38-17-7-5-8-18-38)46(42)52-29-27-50-48(52)40-21-11-15-36(32-40)31-37-16-12-22-41(33-37)49-51-28-30-53(49)47-43(35(3)4)24-14-26-45(47)39-19-9-6-10-20-39/h5-30,32-35H,31H2,1-4H3. The molecule has 0 atom stereocenters. The van der Waals surface area contributed by atoms with Crippen LogP contribution in [0.25, 0.3) is 56.4 Å². The molecule has 0 amide bonds. The molecule has 0 fully saturated rings. The summed E-state index contributed by atoms with van der Waals surface area (Å²) in [4.78, 5) is 9.87. The SMILES string of the molecule is CC(C)c1cccc(-c2ccccc2)c1-n1ccnc1-c1cccc(Cc2cccc(-c3nccn3-c3c(-c4ccccc4)cccc3C(C)C)c2)c1. The van der Waals surface area contributed by atoms with Crippen LogP contribution in [0, 0.1) is 0 Å². The zero-order valence-electron chi connectivity index (χ0n) is 30.8. The van der Waals surface area contributed by atoms with E-state index in [4.69, 9.17) is 9.97 Å². The molecule has 8 rings (SSSR count). The molecule has 2 heterocycles. The number of para-hydroxylation sites is 2. The van der Waals surface area contributed by atoms with Gasteiger partial charge >= 0.3 is 0 Å². The van der Waals surface area contributed by atoms with E-state index in [0.717, 1.165) is 29.2 Å². The van der Waals surface area contributed by atoms with E-state index in [0.29, 0.717) is 11.8 Å². The molecule has 0 unspecified atom stereocenters. The summed E-state index contributed by atoms with van der Waals surface area (Å²) in [5.41, 5.74) is 14.4. The minimum atomic E-state index is 0.349. The van der Waals surface area contributed by atoms with E-state index < -0.39 is 0 Å². The maximum Gasteiger partial charge on any atom is 0.144 e. The first kappa shape index (κ1) is 33.9. The van der Waals surface area contributed by atoms with Crippen LogP contribution in [0.5, 0.6) is 0 Å². The summed E-state index contributed by atoms with van der Waals surface area (Å²) in [6, 6.07) is 52.2. The number of hydrogen-bond acceptors (Lipinski definition) is 2. The summed E-state index contributed by atoms with van der Waals surface area (Å²) in [5.74, 6) is 2.57. The quantitative estimate of drug-likeness (QED) is 0.143. The molecule has 8 aromatic rings. The Morgan fingerprint density at radius 3 is 1.25 bits per heavy atom. The highest BCUT2D eigenvalue weighted by molar-refractivity contribution is 5.79. The van der Waals surface area contributed by atoms with Crippen molar-refractivity contribution in [2.75, 3.05) is 0 Å². The minimum absolute atomic E-state index is 0.349. The number of imidazole rings is 2. The Labute approximate surface area is 313 Å². The van der Waals surface area contributed by atoms with Crippen molar-refractivity contribution in [3.8, 4) is 56.4 Å². The minimum Gasteiger partial charge on any atom is -0.299 e. The van der Waals surface area contributed by atoms with Gasteiger partial charge in [-0.05, 0) is 63.8 Å². The van der Waals surface area contributed by atoms with E-state index in [1.165, 1.54) is 55.9 Å². The Hall–Kier alpha value is -6.26. The Balaban J connectivity index is 1.14. The van der Waals surface area contributed by atoms with Gasteiger partial charge in [-0.3, -0.25) is 9.13 Å². The van der Waals surface area contributed by atoms with Gasteiger partial charge in [-0.25, -0.2) is 9.97 Å². The first-order valence-corrected chi connectivity index (χ1v) is 18.6. The van der Waals surface area contributed by atoms with E-state index in [9.17, 15) is 0 Å². The molecule has 0 bridgehead atoms. The zero-order valence-corrected chi connectivity index (χ0v) is 30.8. The maximum atomic E-state index is 4.93. The Morgan fingerprint density at radius 2 is 0.830 bits per heavy atom. The predicted octanol–water partition coefficient (Wildman–Crippen LogP) is 12.6. The van der Waals surface area contributed by atoms with E-state index >= 15 is 0 Å². The molecule has 0 N–H and O–H groups in total. The zero-order chi connectivity index (χ0) is 36.3. The van der Waals surface area contributed by atoms with Crippen LogP contribution < -0.4 is 0 Å². The van der Waals surface area contributed by atoms with Gasteiger partial charge in [-0.2, -0.15) is 0 Å². The van der Waals surface area contributed by atoms with Crippen molar-refractivity contribution in [1.82, 2.24) is 19.1 Å². The average Bonchev–Trinajstić information content (AvgIpc) is 3.89. The fourth-order valence-electron chi connectivity index (χ4n) is 7.56. The summed E-state index contributed by atoms with van der Waals surface area (Å²) in [6.45, 7) is 9.04. The lowest BCUT2D eigenvalue weighted by atomic mass is 9.93. The van der Waals surface area contributed by atoms with Crippen molar-refractivity contribution in [2.45, 2.75) is 46.0 Å². The topological polar surface area (TPSA) is 35.6 Å². The third kappa shape index (κ3) is 6.76. The van der Waals surface area contributed by atoms with Crippen molar-refractivity contribution in [3.63, 3.8) is 0 Å². The van der Waals surface area contributed by atoms with E-state index in [1.807, 2.05) is 12.4 Å². The molecule has 0 aliphatic carbocycles. The van der Waals surface area contributed by atoms with E-state index in [2.05, 4.69) is 195 Å². The first-order chi connectivity index (χ1) is 26.0. The van der Waals surface area contributed by atoms with Gasteiger partial charge in [0.15, 0.2) is 0 Å². The van der Waals surface area contributed by atoms with Gasteiger partial charge in [0, 0.05) is 47.0 Å². The van der Waals surface area contributed by atoms with Crippen molar-refractivity contribution in [3.05, 3.63) is 193 Å². The highest BCUT2D eigenvalue weighted by Gasteiger charge is 2.20. The third-order valence-electron chi connectivity index (χ3n) is 10.1. The molecule has 0 saturated heterocycles. The molecular weight excluding hydrogens is 645 g/mol. The molecule has 0 aliphatic heterocycles. The predicted molar refractivity (Wildman–Crippen MR) is 220 cm³/mol. The monoisotopic (exact) mass is 688 g/mol. The number of nitrogens with zero attached hydrogens (tertiary/aromatic N) is 4. The second kappa shape index (κ2) is 14.8. The number of rotatable bonds is 10. The number of benzene rings is 6. The normalized spacial score (nSPS) is 11.4. The Bertz CT molecular complexity index is 2310. The van der Waals surface area contributed by atoms with Gasteiger partial charge in [-0.1, -0.05) is 161 Å². The van der Waals surface area contributed by atoms with Gasteiger partial charge in [0.1, 0.15) is 11.6 Å². The van der Waals surface area contributed by atoms with Crippen molar-refractivity contribution in [2.24, 2.45) is 0 Å². The van der Waals surface area contributed by atoms with Crippen LogP contribution in [0.4, 0.5) is 0 Å². The second-order valence-corrected chi connectivity index (χ2v) is 14.3. The van der Waals surface area contributed by atoms with Crippen LogP contribution in [-0.4, -0.2) is 19.1 Å². The molecule has 0 saturated carbocycles. The molecule has 0 spiro atoms. The molecule has 2 aromatic heterocycles. The summed E-state index contributed by atoms with van der Waals surface area (Å²) >= 11 is 0. The number of hydrogen-bond donors (Lipinski definition) is 0. The van der Waals surface area contributed by atoms with Crippen LogP contribution in [0.2, 0.25) is 0 Å². The highest BCUT2D eigenvalue weighted by atomic mass is 15.1. The van der Waals surface area contributed by atoms with Gasteiger partial charge in [0.25, 0.3) is 0 Å². The first-order valence-electron chi connectivity index (χ1n) is 18.6. The Kier molecular flexibility index (Phi) is 9.43. The summed E-state index contributed by atoms with van der Waals surface area (Å²) in [6.07, 6.45) is 8.82. The van der Waals surface area contributed by atoms with Crippen molar-refractivity contribution < 1.29 is 0 Å². The van der Waals surface area contributed by atoms with E-state index in [-0.39, 0.29) is 0 Å². The Morgan fingerprint density at radius 1 is 0.434 bits per heavy atom. The van der Waals surface area contributed by atoms with Crippen LogP contribution in [0.1, 0.15) is 61.8 Å². The molecule has 260 valence electrons. The smallest absolute Gasteiger partial charge is 0.144 e. The van der Waals surface area contributed by atoms with Gasteiger partial charge in [0.05, 0.1) is 11.4 Å². The molecule has 4 nitrogen and oxygen atoms in total. The summed E-state index contributed by atoms with van der Waals surface area (Å²) in [7, 11) is 0. The molecule has 6 aromatic carbocycles. The fraction of sp³-hybridized carbons (Fsp3) is 0.143. The molecular formula is C49H44N4. The lowest BCUT2D eigenvalue weighted by Crippen LogP contribution is -2.05. The van der Waals surface area contributed by atoms with Gasteiger partial charge in [0.2, 0.25) is 0 Å². The molecule has 0 radical (unpaired) electrons. The average molecular weight is 689 g/mol. The lowest BCUT2D eigenvalue weighted by molar-refractivity contribution is 0.848. The summed E-state index contributed by atoms with van der Waals surface area (Å²) in [5, 5.41) is 0. The molecule has 4 heteroatoms. The summed E-state index contributed by atoms with van der Waals surface area (Å²) < 4.78 is 4.55. The van der Waals surface area contributed by atoms with Crippen LogP contribution in [-0.2, 0) is 6.42 Å². The van der Waals surface area contributed by atoms with Gasteiger partial charge < -0.3 is 0 Å². The van der Waals surface area contributed by atoms with Crippen LogP contribution in [0.3, 0.4) is 0 Å². The van der Waals surface area contributed by atoms with Crippen LogP contribution in [0.15, 0.2) is 170 Å². The van der Waals surface area contributed by atoms with Crippen LogP contribution >= 0.6 is 0 Å². The largest absolute Gasteiger partial charge is 0.299 e. The van der Waals surface area contributed by atoms with Crippen molar-refractivity contribution in [1.29, 1.82) is 0 Å². The maximum absolute atomic E-state index is 4.93. The fourth-order valence-corrected chi connectivity index (χ4v) is 7.56. The van der Waals surface area contributed by atoms with Gasteiger partial charge in [-0.15, -0.1) is 0 Å². The number of aromatic nitrogens is 4. The van der Waals surface area contributed by atoms with Crippen molar-refractivity contribution >= 4 is 0 Å². The second-order valence-electron chi connectivity index (χ2n) is 14.3. The lowest BCUT2D eigenvalue weighted by Gasteiger charge is -2.20. The third-order valence-corrected chi connectivity index (χ3v) is 10.1. The highest BCUT2D eigenvalue weighted by Crippen LogP contribution is 2.38. The molecule has 53 heavy (non-hydrogen) atoms.